The minimum absolute atomic E-state index is 0.0491. The Kier molecular flexibility index (Phi) is 5.92. The van der Waals surface area contributed by atoms with Crippen LogP contribution in [0.5, 0.6) is 0 Å². The van der Waals surface area contributed by atoms with E-state index in [2.05, 4.69) is 0 Å². The standard InChI is InChI=1S/C16H10Cl2F3NO3/c1-7(25-16(24)8-2-3-9(17)10(18)6-8)15(23)22-12-5-4-11(19)13(20)14(12)21/h2-7H,1H3,(H,22,23)/t7-/m1/s1. The second-order valence-corrected chi connectivity index (χ2v) is 5.70. The van der Waals surface area contributed by atoms with Gasteiger partial charge < -0.3 is 10.1 Å². The Bertz CT molecular complexity index is 846. The van der Waals surface area contributed by atoms with E-state index in [0.29, 0.717) is 6.07 Å². The molecule has 132 valence electrons. The molecular formula is C16H10Cl2F3NO3. The van der Waals surface area contributed by atoms with Crippen molar-refractivity contribution in [3.8, 4) is 0 Å². The number of ether oxygens (including phenoxy) is 1. The molecule has 25 heavy (non-hydrogen) atoms. The van der Waals surface area contributed by atoms with Crippen LogP contribution >= 0.6 is 23.2 Å². The lowest BCUT2D eigenvalue weighted by Gasteiger charge is -2.14. The zero-order valence-electron chi connectivity index (χ0n) is 12.6. The van der Waals surface area contributed by atoms with Crippen molar-refractivity contribution in [3.05, 3.63) is 63.4 Å². The number of rotatable bonds is 4. The number of hydrogen-bond donors (Lipinski definition) is 1. The topological polar surface area (TPSA) is 55.4 Å². The molecule has 0 saturated heterocycles. The summed E-state index contributed by atoms with van der Waals surface area (Å²) < 4.78 is 44.4. The highest BCUT2D eigenvalue weighted by Gasteiger charge is 2.22. The summed E-state index contributed by atoms with van der Waals surface area (Å²) in [6.45, 7) is 1.22. The van der Waals surface area contributed by atoms with Gasteiger partial charge in [0.1, 0.15) is 0 Å². The van der Waals surface area contributed by atoms with Crippen molar-refractivity contribution >= 4 is 40.8 Å². The largest absolute Gasteiger partial charge is 0.449 e. The Morgan fingerprint density at radius 3 is 2.36 bits per heavy atom. The minimum Gasteiger partial charge on any atom is -0.449 e. The summed E-state index contributed by atoms with van der Waals surface area (Å²) in [5.41, 5.74) is -0.533. The maximum atomic E-state index is 13.5. The Morgan fingerprint density at radius 2 is 1.72 bits per heavy atom. The summed E-state index contributed by atoms with van der Waals surface area (Å²) in [5, 5.41) is 2.37. The second kappa shape index (κ2) is 7.76. The smallest absolute Gasteiger partial charge is 0.338 e. The first-order valence-corrected chi connectivity index (χ1v) is 7.56. The van der Waals surface area contributed by atoms with Gasteiger partial charge in [-0.15, -0.1) is 0 Å². The third-order valence-corrected chi connectivity index (χ3v) is 3.84. The molecule has 0 fully saturated rings. The normalized spacial score (nSPS) is 11.8. The van der Waals surface area contributed by atoms with Gasteiger partial charge >= 0.3 is 5.97 Å². The Balaban J connectivity index is 2.06. The molecule has 2 rings (SSSR count). The molecule has 1 amide bonds. The summed E-state index contributed by atoms with van der Waals surface area (Å²) in [4.78, 5) is 23.9. The van der Waals surface area contributed by atoms with Crippen molar-refractivity contribution in [1.82, 2.24) is 0 Å². The van der Waals surface area contributed by atoms with Crippen LogP contribution in [0.4, 0.5) is 18.9 Å². The van der Waals surface area contributed by atoms with E-state index in [4.69, 9.17) is 27.9 Å². The molecule has 2 aromatic carbocycles. The average molecular weight is 392 g/mol. The van der Waals surface area contributed by atoms with Crippen molar-refractivity contribution in [2.24, 2.45) is 0 Å². The zero-order chi connectivity index (χ0) is 18.7. The van der Waals surface area contributed by atoms with Gasteiger partial charge in [0.05, 0.1) is 21.3 Å². The summed E-state index contributed by atoms with van der Waals surface area (Å²) in [7, 11) is 0. The lowest BCUT2D eigenvalue weighted by atomic mass is 10.2. The summed E-state index contributed by atoms with van der Waals surface area (Å²) in [6.07, 6.45) is -1.34. The fourth-order valence-electron chi connectivity index (χ4n) is 1.76. The molecule has 0 unspecified atom stereocenters. The van der Waals surface area contributed by atoms with Gasteiger partial charge in [-0.3, -0.25) is 4.79 Å². The number of benzene rings is 2. The predicted molar refractivity (Wildman–Crippen MR) is 86.3 cm³/mol. The van der Waals surface area contributed by atoms with E-state index >= 15 is 0 Å². The number of carbonyl (C=O) groups excluding carboxylic acids is 2. The molecule has 1 atom stereocenters. The third-order valence-electron chi connectivity index (χ3n) is 3.10. The lowest BCUT2D eigenvalue weighted by molar-refractivity contribution is -0.123. The number of anilines is 1. The number of esters is 1. The van der Waals surface area contributed by atoms with Crippen LogP contribution in [0.15, 0.2) is 30.3 Å². The van der Waals surface area contributed by atoms with Crippen LogP contribution in [0.25, 0.3) is 0 Å². The highest BCUT2D eigenvalue weighted by Crippen LogP contribution is 2.23. The maximum absolute atomic E-state index is 13.5. The van der Waals surface area contributed by atoms with E-state index in [-0.39, 0.29) is 15.6 Å². The van der Waals surface area contributed by atoms with Gasteiger partial charge in [0.25, 0.3) is 5.91 Å². The molecule has 0 aliphatic rings. The molecule has 0 radical (unpaired) electrons. The molecule has 0 aliphatic heterocycles. The second-order valence-electron chi connectivity index (χ2n) is 4.89. The van der Waals surface area contributed by atoms with Gasteiger partial charge in [0, 0.05) is 0 Å². The van der Waals surface area contributed by atoms with E-state index in [9.17, 15) is 22.8 Å². The number of nitrogens with one attached hydrogen (secondary N) is 1. The monoisotopic (exact) mass is 391 g/mol. The first-order valence-electron chi connectivity index (χ1n) is 6.81. The molecular weight excluding hydrogens is 382 g/mol. The molecule has 0 saturated carbocycles. The number of carbonyl (C=O) groups is 2. The highest BCUT2D eigenvalue weighted by molar-refractivity contribution is 6.42. The van der Waals surface area contributed by atoms with E-state index in [1.54, 1.807) is 0 Å². The quantitative estimate of drug-likeness (QED) is 0.612. The third kappa shape index (κ3) is 4.43. The molecule has 2 aromatic rings. The summed E-state index contributed by atoms with van der Waals surface area (Å²) in [6, 6.07) is 5.48. The van der Waals surface area contributed by atoms with Crippen molar-refractivity contribution < 1.29 is 27.5 Å². The molecule has 9 heteroatoms. The Hall–Kier alpha value is -2.25. The van der Waals surface area contributed by atoms with Crippen LogP contribution in [0.3, 0.4) is 0 Å². The number of amides is 1. The van der Waals surface area contributed by atoms with E-state index in [1.165, 1.54) is 25.1 Å². The van der Waals surface area contributed by atoms with Crippen molar-refractivity contribution in [2.45, 2.75) is 13.0 Å². The minimum atomic E-state index is -1.72. The molecule has 0 spiro atoms. The van der Waals surface area contributed by atoms with Gasteiger partial charge in [-0.05, 0) is 37.3 Å². The van der Waals surface area contributed by atoms with Crippen LogP contribution in [0, 0.1) is 17.5 Å². The Morgan fingerprint density at radius 1 is 1.04 bits per heavy atom. The van der Waals surface area contributed by atoms with E-state index in [1.807, 2.05) is 5.32 Å². The SMILES string of the molecule is C[C@@H](OC(=O)c1ccc(Cl)c(Cl)c1)C(=O)Nc1ccc(F)c(F)c1F. The van der Waals surface area contributed by atoms with Gasteiger partial charge in [0.2, 0.25) is 0 Å². The first-order chi connectivity index (χ1) is 11.7. The van der Waals surface area contributed by atoms with Crippen LogP contribution in [-0.4, -0.2) is 18.0 Å². The molecule has 0 aromatic heterocycles. The van der Waals surface area contributed by atoms with Crippen LogP contribution < -0.4 is 5.32 Å². The van der Waals surface area contributed by atoms with Crippen LogP contribution in [0.2, 0.25) is 10.0 Å². The van der Waals surface area contributed by atoms with Crippen LogP contribution in [-0.2, 0) is 9.53 Å². The summed E-state index contributed by atoms with van der Waals surface area (Å²) >= 11 is 11.5. The molecule has 4 nitrogen and oxygen atoms in total. The predicted octanol–water partition coefficient (Wildman–Crippen LogP) is 4.59. The highest BCUT2D eigenvalue weighted by atomic mass is 35.5. The molecule has 0 bridgehead atoms. The van der Waals surface area contributed by atoms with Crippen LogP contribution in [0.1, 0.15) is 17.3 Å². The molecule has 0 aliphatic carbocycles. The van der Waals surface area contributed by atoms with E-state index < -0.39 is 41.1 Å². The van der Waals surface area contributed by atoms with Gasteiger partial charge in [-0.1, -0.05) is 23.2 Å². The fourth-order valence-corrected chi connectivity index (χ4v) is 2.06. The summed E-state index contributed by atoms with van der Waals surface area (Å²) in [5.74, 6) is -6.48. The van der Waals surface area contributed by atoms with Crippen molar-refractivity contribution in [1.29, 1.82) is 0 Å². The molecule has 1 N–H and O–H groups in total. The molecule has 0 heterocycles. The number of halogens is 5. The van der Waals surface area contributed by atoms with Gasteiger partial charge in [-0.2, -0.15) is 0 Å². The number of hydrogen-bond acceptors (Lipinski definition) is 3. The zero-order valence-corrected chi connectivity index (χ0v) is 14.1. The average Bonchev–Trinajstić information content (AvgIpc) is 2.57. The van der Waals surface area contributed by atoms with Crippen molar-refractivity contribution in [3.63, 3.8) is 0 Å². The maximum Gasteiger partial charge on any atom is 0.338 e. The van der Waals surface area contributed by atoms with Gasteiger partial charge in [-0.25, -0.2) is 18.0 Å². The van der Waals surface area contributed by atoms with E-state index in [0.717, 1.165) is 6.07 Å². The first kappa shape index (κ1) is 19.1. The van der Waals surface area contributed by atoms with Crippen molar-refractivity contribution in [2.75, 3.05) is 5.32 Å². The Labute approximate surface area is 150 Å². The fraction of sp³-hybridized carbons (Fsp3) is 0.125. The van der Waals surface area contributed by atoms with Gasteiger partial charge in [0.15, 0.2) is 23.6 Å². The lowest BCUT2D eigenvalue weighted by Crippen LogP contribution is -2.30.